The van der Waals surface area contributed by atoms with E-state index >= 15 is 0 Å². The molecule has 30 heavy (non-hydrogen) atoms. The van der Waals surface area contributed by atoms with Crippen molar-refractivity contribution in [3.63, 3.8) is 0 Å². The molecular formula is C22H32IN3O4. The molecule has 0 saturated heterocycles. The first-order valence-corrected chi connectivity index (χ1v) is 9.56. The molecule has 7 nitrogen and oxygen atoms in total. The summed E-state index contributed by atoms with van der Waals surface area (Å²) in [6.07, 6.45) is 0.882. The monoisotopic (exact) mass is 529 g/mol. The zero-order chi connectivity index (χ0) is 20.9. The van der Waals surface area contributed by atoms with E-state index in [2.05, 4.69) is 15.6 Å². The second kappa shape index (κ2) is 14.7. The number of rotatable bonds is 11. The number of benzene rings is 2. The van der Waals surface area contributed by atoms with Gasteiger partial charge in [0.05, 0.1) is 27.9 Å². The lowest BCUT2D eigenvalue weighted by Crippen LogP contribution is -2.37. The normalized spacial score (nSPS) is 10.7. The molecule has 0 aliphatic carbocycles. The number of hydrogen-bond acceptors (Lipinski definition) is 5. The van der Waals surface area contributed by atoms with E-state index in [1.165, 1.54) is 0 Å². The molecule has 0 radical (unpaired) electrons. The largest absolute Gasteiger partial charge is 0.497 e. The highest BCUT2D eigenvalue weighted by atomic mass is 127. The molecule has 0 aliphatic rings. The fourth-order valence-electron chi connectivity index (χ4n) is 2.69. The Kier molecular flexibility index (Phi) is 12.7. The van der Waals surface area contributed by atoms with Crippen LogP contribution in [0.5, 0.6) is 17.2 Å². The molecule has 0 unspecified atom stereocenters. The summed E-state index contributed by atoms with van der Waals surface area (Å²) in [6.45, 7) is 2.67. The second-order valence-electron chi connectivity index (χ2n) is 6.30. The molecule has 0 aliphatic heterocycles. The van der Waals surface area contributed by atoms with Gasteiger partial charge in [-0.15, -0.1) is 24.0 Å². The number of guanidine groups is 1. The van der Waals surface area contributed by atoms with Gasteiger partial charge >= 0.3 is 0 Å². The van der Waals surface area contributed by atoms with Gasteiger partial charge in [-0.2, -0.15) is 0 Å². The van der Waals surface area contributed by atoms with E-state index in [4.69, 9.17) is 18.9 Å². The summed E-state index contributed by atoms with van der Waals surface area (Å²) in [5.41, 5.74) is 2.21. The molecule has 0 fully saturated rings. The molecule has 0 heterocycles. The lowest BCUT2D eigenvalue weighted by molar-refractivity contribution is 0.119. The van der Waals surface area contributed by atoms with Gasteiger partial charge in [0.1, 0.15) is 5.75 Å². The lowest BCUT2D eigenvalue weighted by Gasteiger charge is -2.13. The molecule has 2 aromatic rings. The minimum Gasteiger partial charge on any atom is -0.497 e. The Morgan fingerprint density at radius 3 is 2.20 bits per heavy atom. The van der Waals surface area contributed by atoms with Crippen LogP contribution >= 0.6 is 24.0 Å². The van der Waals surface area contributed by atoms with Crippen molar-refractivity contribution in [3.05, 3.63) is 53.6 Å². The number of aliphatic imine (C=N–C) groups is 1. The number of halogens is 1. The minimum atomic E-state index is 0. The van der Waals surface area contributed by atoms with Crippen molar-refractivity contribution < 1.29 is 18.9 Å². The summed E-state index contributed by atoms with van der Waals surface area (Å²) < 4.78 is 21.5. The van der Waals surface area contributed by atoms with E-state index in [1.807, 2.05) is 42.5 Å². The topological polar surface area (TPSA) is 73.3 Å². The maximum Gasteiger partial charge on any atom is 0.191 e. The van der Waals surface area contributed by atoms with Crippen LogP contribution in [-0.2, 0) is 17.9 Å². The number of ether oxygens (including phenoxy) is 4. The van der Waals surface area contributed by atoms with Gasteiger partial charge in [0.15, 0.2) is 17.5 Å². The predicted molar refractivity (Wildman–Crippen MR) is 130 cm³/mol. The summed E-state index contributed by atoms with van der Waals surface area (Å²) >= 11 is 0. The molecule has 0 saturated carbocycles. The Labute approximate surface area is 196 Å². The standard InChI is InChI=1S/C22H31N3O4.HI/c1-23-22(25-15-18-8-11-20(27-3)21(14-18)28-4)24-12-5-13-29-16-17-6-9-19(26-2)10-7-17;/h6-11,14H,5,12-13,15-16H2,1-4H3,(H2,23,24,25);1H. The second-order valence-corrected chi connectivity index (χ2v) is 6.30. The molecule has 0 atom stereocenters. The van der Waals surface area contributed by atoms with E-state index in [1.54, 1.807) is 28.4 Å². The van der Waals surface area contributed by atoms with Crippen LogP contribution in [0, 0.1) is 0 Å². The third-order valence-electron chi connectivity index (χ3n) is 4.32. The maximum absolute atomic E-state index is 5.72. The third kappa shape index (κ3) is 8.66. The van der Waals surface area contributed by atoms with Crippen molar-refractivity contribution in [1.82, 2.24) is 10.6 Å². The zero-order valence-electron chi connectivity index (χ0n) is 18.1. The molecule has 0 spiro atoms. The molecule has 0 amide bonds. The van der Waals surface area contributed by atoms with E-state index in [-0.39, 0.29) is 24.0 Å². The lowest BCUT2D eigenvalue weighted by atomic mass is 10.2. The van der Waals surface area contributed by atoms with Crippen LogP contribution in [0.4, 0.5) is 0 Å². The molecular weight excluding hydrogens is 497 g/mol. The fourth-order valence-corrected chi connectivity index (χ4v) is 2.69. The van der Waals surface area contributed by atoms with Crippen LogP contribution in [0.2, 0.25) is 0 Å². The van der Waals surface area contributed by atoms with Gasteiger partial charge < -0.3 is 29.6 Å². The van der Waals surface area contributed by atoms with Crippen LogP contribution in [-0.4, -0.2) is 47.5 Å². The number of nitrogens with one attached hydrogen (secondary N) is 2. The first kappa shape index (κ1) is 25.8. The SMILES string of the molecule is CN=C(NCCCOCc1ccc(OC)cc1)NCc1ccc(OC)c(OC)c1.I. The smallest absolute Gasteiger partial charge is 0.191 e. The molecule has 8 heteroatoms. The molecule has 2 aromatic carbocycles. The molecule has 166 valence electrons. The Balaban J connectivity index is 0.00000450. The highest BCUT2D eigenvalue weighted by Crippen LogP contribution is 2.27. The van der Waals surface area contributed by atoms with Crippen LogP contribution in [0.1, 0.15) is 17.5 Å². The van der Waals surface area contributed by atoms with E-state index < -0.39 is 0 Å². The number of methoxy groups -OCH3 is 3. The average molecular weight is 529 g/mol. The summed E-state index contributed by atoms with van der Waals surface area (Å²) in [4.78, 5) is 4.25. The summed E-state index contributed by atoms with van der Waals surface area (Å²) in [6, 6.07) is 13.7. The highest BCUT2D eigenvalue weighted by molar-refractivity contribution is 14.0. The highest BCUT2D eigenvalue weighted by Gasteiger charge is 2.05. The van der Waals surface area contributed by atoms with Gasteiger partial charge in [-0.1, -0.05) is 18.2 Å². The third-order valence-corrected chi connectivity index (χ3v) is 4.32. The van der Waals surface area contributed by atoms with Gasteiger partial charge in [-0.3, -0.25) is 4.99 Å². The number of hydrogen-bond donors (Lipinski definition) is 2. The number of nitrogens with zero attached hydrogens (tertiary/aromatic N) is 1. The van der Waals surface area contributed by atoms with Gasteiger partial charge in [0.25, 0.3) is 0 Å². The van der Waals surface area contributed by atoms with Crippen LogP contribution in [0.3, 0.4) is 0 Å². The summed E-state index contributed by atoms with van der Waals surface area (Å²) in [5, 5.41) is 6.58. The zero-order valence-corrected chi connectivity index (χ0v) is 20.4. The fraction of sp³-hybridized carbons (Fsp3) is 0.409. The van der Waals surface area contributed by atoms with Crippen LogP contribution in [0.15, 0.2) is 47.5 Å². The van der Waals surface area contributed by atoms with Gasteiger partial charge in [0, 0.05) is 26.7 Å². The molecule has 2 rings (SSSR count). The van der Waals surface area contributed by atoms with Crippen molar-refractivity contribution >= 4 is 29.9 Å². The first-order valence-electron chi connectivity index (χ1n) is 9.56. The molecule has 0 aromatic heterocycles. The van der Waals surface area contributed by atoms with E-state index in [0.717, 1.165) is 35.8 Å². The molecule has 2 N–H and O–H groups in total. The summed E-state index contributed by atoms with van der Waals surface area (Å²) in [5.74, 6) is 3.03. The van der Waals surface area contributed by atoms with Crippen LogP contribution in [0.25, 0.3) is 0 Å². The van der Waals surface area contributed by atoms with Gasteiger partial charge in [-0.05, 0) is 41.8 Å². The van der Waals surface area contributed by atoms with Crippen molar-refractivity contribution in [2.45, 2.75) is 19.6 Å². The van der Waals surface area contributed by atoms with E-state index in [9.17, 15) is 0 Å². The Bertz CT molecular complexity index is 769. The van der Waals surface area contributed by atoms with Crippen molar-refractivity contribution in [1.29, 1.82) is 0 Å². The van der Waals surface area contributed by atoms with Crippen LogP contribution < -0.4 is 24.8 Å². The van der Waals surface area contributed by atoms with E-state index in [0.29, 0.717) is 31.3 Å². The Morgan fingerprint density at radius 2 is 1.57 bits per heavy atom. The van der Waals surface area contributed by atoms with Gasteiger partial charge in [-0.25, -0.2) is 0 Å². The Hall–Kier alpha value is -2.20. The maximum atomic E-state index is 5.72. The van der Waals surface area contributed by atoms with Crippen molar-refractivity contribution in [2.75, 3.05) is 41.5 Å². The average Bonchev–Trinajstić information content (AvgIpc) is 2.78. The molecule has 0 bridgehead atoms. The first-order chi connectivity index (χ1) is 14.2. The Morgan fingerprint density at radius 1 is 0.867 bits per heavy atom. The quantitative estimate of drug-likeness (QED) is 0.201. The predicted octanol–water partition coefficient (Wildman–Crippen LogP) is 3.60. The van der Waals surface area contributed by atoms with Gasteiger partial charge in [0.2, 0.25) is 0 Å². The van der Waals surface area contributed by atoms with Crippen molar-refractivity contribution in [3.8, 4) is 17.2 Å². The minimum absolute atomic E-state index is 0. The van der Waals surface area contributed by atoms with Crippen molar-refractivity contribution in [2.24, 2.45) is 4.99 Å². The summed E-state index contributed by atoms with van der Waals surface area (Å²) in [7, 11) is 6.67.